The van der Waals surface area contributed by atoms with Crippen molar-refractivity contribution in [2.24, 2.45) is 5.92 Å². The van der Waals surface area contributed by atoms with Crippen molar-refractivity contribution in [3.05, 3.63) is 29.3 Å². The van der Waals surface area contributed by atoms with Crippen molar-refractivity contribution in [3.8, 4) is 5.75 Å². The summed E-state index contributed by atoms with van der Waals surface area (Å²) in [4.78, 5) is 0. The van der Waals surface area contributed by atoms with Crippen molar-refractivity contribution in [3.63, 3.8) is 0 Å². The maximum absolute atomic E-state index is 9.78. The Labute approximate surface area is 102 Å². The molecule has 2 fully saturated rings. The molecule has 0 aromatic heterocycles. The maximum Gasteiger partial charge on any atom is 0.115 e. The number of aromatic hydroxyl groups is 1. The second-order valence-electron chi connectivity index (χ2n) is 6.00. The van der Waals surface area contributed by atoms with Gasteiger partial charge in [0.1, 0.15) is 5.75 Å². The van der Waals surface area contributed by atoms with Crippen LogP contribution in [-0.2, 0) is 5.54 Å². The fourth-order valence-electron chi connectivity index (χ4n) is 4.50. The molecule has 2 nitrogen and oxygen atoms in total. The van der Waals surface area contributed by atoms with Gasteiger partial charge in [-0.25, -0.2) is 0 Å². The van der Waals surface area contributed by atoms with Crippen LogP contribution >= 0.6 is 0 Å². The highest BCUT2D eigenvalue weighted by Gasteiger charge is 2.51. The van der Waals surface area contributed by atoms with Crippen LogP contribution < -0.4 is 5.32 Å². The summed E-state index contributed by atoms with van der Waals surface area (Å²) >= 11 is 0. The number of phenols is 1. The minimum absolute atomic E-state index is 0.196. The first-order valence-electron chi connectivity index (χ1n) is 6.88. The molecular formula is C15H19NO. The van der Waals surface area contributed by atoms with E-state index in [1.54, 1.807) is 0 Å². The van der Waals surface area contributed by atoms with Crippen LogP contribution in [0.4, 0.5) is 0 Å². The number of hydrogen-bond donors (Lipinski definition) is 2. The van der Waals surface area contributed by atoms with Crippen LogP contribution in [0, 0.1) is 5.92 Å². The number of benzene rings is 1. The summed E-state index contributed by atoms with van der Waals surface area (Å²) in [5.74, 6) is 1.90. The van der Waals surface area contributed by atoms with Crippen molar-refractivity contribution in [1.29, 1.82) is 0 Å². The Hall–Kier alpha value is -1.02. The largest absolute Gasteiger partial charge is 0.508 e. The average Bonchev–Trinajstić information content (AvgIpc) is 2.38. The quantitative estimate of drug-likeness (QED) is 0.717. The Morgan fingerprint density at radius 1 is 1.29 bits per heavy atom. The van der Waals surface area contributed by atoms with Gasteiger partial charge in [-0.2, -0.15) is 0 Å². The van der Waals surface area contributed by atoms with Crippen molar-refractivity contribution in [2.45, 2.75) is 43.6 Å². The van der Waals surface area contributed by atoms with Gasteiger partial charge in [-0.3, -0.25) is 0 Å². The molecule has 4 aliphatic rings. The molecule has 1 saturated carbocycles. The lowest BCUT2D eigenvalue weighted by Crippen LogP contribution is -2.59. The molecule has 17 heavy (non-hydrogen) atoms. The molecule has 2 heterocycles. The summed E-state index contributed by atoms with van der Waals surface area (Å²) in [7, 11) is 0. The summed E-state index contributed by atoms with van der Waals surface area (Å²) < 4.78 is 0. The number of rotatable bonds is 0. The van der Waals surface area contributed by atoms with E-state index in [0.717, 1.165) is 12.5 Å². The van der Waals surface area contributed by atoms with Gasteiger partial charge in [-0.15, -0.1) is 0 Å². The van der Waals surface area contributed by atoms with Gasteiger partial charge >= 0.3 is 0 Å². The Balaban J connectivity index is 1.93. The SMILES string of the molecule is Oc1ccc2c(c1)[C@]13CCCC[C@H]1C[C@@H]2CN3. The minimum atomic E-state index is 0.196. The fourth-order valence-corrected chi connectivity index (χ4v) is 4.50. The van der Waals surface area contributed by atoms with E-state index in [0.29, 0.717) is 11.7 Å². The highest BCUT2D eigenvalue weighted by atomic mass is 16.3. The Morgan fingerprint density at radius 3 is 3.18 bits per heavy atom. The second-order valence-corrected chi connectivity index (χ2v) is 6.00. The summed E-state index contributed by atoms with van der Waals surface area (Å²) in [5, 5.41) is 13.6. The van der Waals surface area contributed by atoms with Gasteiger partial charge in [0.2, 0.25) is 0 Å². The molecule has 1 aromatic carbocycles. The monoisotopic (exact) mass is 229 g/mol. The number of nitrogens with one attached hydrogen (secondary N) is 1. The van der Waals surface area contributed by atoms with Crippen molar-refractivity contribution in [1.82, 2.24) is 5.32 Å². The Bertz CT molecular complexity index is 470. The minimum Gasteiger partial charge on any atom is -0.508 e. The molecule has 1 saturated heterocycles. The predicted molar refractivity (Wildman–Crippen MR) is 67.1 cm³/mol. The zero-order valence-electron chi connectivity index (χ0n) is 10.1. The topological polar surface area (TPSA) is 32.3 Å². The van der Waals surface area contributed by atoms with Crippen LogP contribution in [-0.4, -0.2) is 11.7 Å². The molecule has 2 aliphatic carbocycles. The third-order valence-corrected chi connectivity index (χ3v) is 5.26. The third-order valence-electron chi connectivity index (χ3n) is 5.26. The molecule has 2 heteroatoms. The molecule has 0 unspecified atom stereocenters. The first kappa shape index (κ1) is 9.95. The summed E-state index contributed by atoms with van der Waals surface area (Å²) in [6.45, 7) is 1.13. The molecule has 0 amide bonds. The normalized spacial score (nSPS) is 38.6. The third kappa shape index (κ3) is 1.19. The highest BCUT2D eigenvalue weighted by Crippen LogP contribution is 2.55. The fraction of sp³-hybridized carbons (Fsp3) is 0.600. The van der Waals surface area contributed by atoms with E-state index in [9.17, 15) is 5.11 Å². The molecule has 5 rings (SSSR count). The zero-order chi connectivity index (χ0) is 11.5. The van der Waals surface area contributed by atoms with Crippen molar-refractivity contribution in [2.75, 3.05) is 6.54 Å². The van der Waals surface area contributed by atoms with Gasteiger partial charge in [0.05, 0.1) is 0 Å². The summed E-state index contributed by atoms with van der Waals surface area (Å²) in [5.41, 5.74) is 3.10. The summed E-state index contributed by atoms with van der Waals surface area (Å²) in [6.07, 6.45) is 6.67. The molecular weight excluding hydrogens is 210 g/mol. The molecule has 2 bridgehead atoms. The van der Waals surface area contributed by atoms with E-state index < -0.39 is 0 Å². The lowest BCUT2D eigenvalue weighted by molar-refractivity contribution is 0.0696. The summed E-state index contributed by atoms with van der Waals surface area (Å²) in [6, 6.07) is 6.03. The Kier molecular flexibility index (Phi) is 1.91. The van der Waals surface area contributed by atoms with E-state index >= 15 is 0 Å². The van der Waals surface area contributed by atoms with Gasteiger partial charge < -0.3 is 10.4 Å². The van der Waals surface area contributed by atoms with Gasteiger partial charge in [0.25, 0.3) is 0 Å². The number of fused-ring (bicyclic) bond motifs is 1. The predicted octanol–water partition coefficient (Wildman–Crippen LogP) is 2.87. The van der Waals surface area contributed by atoms with Crippen LogP contribution in [0.15, 0.2) is 18.2 Å². The van der Waals surface area contributed by atoms with Crippen LogP contribution in [0.25, 0.3) is 0 Å². The van der Waals surface area contributed by atoms with Crippen molar-refractivity contribution >= 4 is 0 Å². The van der Waals surface area contributed by atoms with E-state index in [1.165, 1.54) is 43.2 Å². The van der Waals surface area contributed by atoms with Gasteiger partial charge in [0, 0.05) is 12.1 Å². The highest BCUT2D eigenvalue weighted by molar-refractivity contribution is 5.47. The first-order chi connectivity index (χ1) is 8.29. The molecule has 0 radical (unpaired) electrons. The zero-order valence-corrected chi connectivity index (χ0v) is 10.1. The molecule has 90 valence electrons. The second kappa shape index (κ2) is 3.26. The van der Waals surface area contributed by atoms with Crippen LogP contribution in [0.1, 0.15) is 49.1 Å². The maximum atomic E-state index is 9.78. The van der Waals surface area contributed by atoms with Crippen LogP contribution in [0.5, 0.6) is 5.75 Å². The Morgan fingerprint density at radius 2 is 2.24 bits per heavy atom. The van der Waals surface area contributed by atoms with Crippen LogP contribution in [0.3, 0.4) is 0 Å². The number of hydrogen-bond acceptors (Lipinski definition) is 2. The average molecular weight is 229 g/mol. The smallest absolute Gasteiger partial charge is 0.115 e. The standard InChI is InChI=1S/C15H19NO/c17-12-4-5-13-10-7-11-3-1-2-6-15(11,16-9-10)14(13)8-12/h4-5,8,10-11,16-17H,1-3,6-7,9H2/t10-,11+,15+/m1/s1. The van der Waals surface area contributed by atoms with Gasteiger partial charge in [-0.1, -0.05) is 18.9 Å². The lowest BCUT2D eigenvalue weighted by Gasteiger charge is -2.56. The number of phenolic OH excluding ortho intramolecular Hbond substituents is 1. The molecule has 2 aliphatic heterocycles. The molecule has 2 N–H and O–H groups in total. The van der Waals surface area contributed by atoms with E-state index in [-0.39, 0.29) is 5.54 Å². The van der Waals surface area contributed by atoms with Gasteiger partial charge in [-0.05, 0) is 54.4 Å². The van der Waals surface area contributed by atoms with Crippen LogP contribution in [0.2, 0.25) is 0 Å². The molecule has 1 aromatic rings. The first-order valence-corrected chi connectivity index (χ1v) is 6.88. The molecule has 3 atom stereocenters. The van der Waals surface area contributed by atoms with Gasteiger partial charge in [0.15, 0.2) is 0 Å². The number of piperidine rings is 1. The molecule has 1 spiro atoms. The lowest BCUT2D eigenvalue weighted by atomic mass is 9.57. The van der Waals surface area contributed by atoms with E-state index in [2.05, 4.69) is 11.4 Å². The van der Waals surface area contributed by atoms with E-state index in [4.69, 9.17) is 0 Å². The van der Waals surface area contributed by atoms with E-state index in [1.807, 2.05) is 12.1 Å². The van der Waals surface area contributed by atoms with Crippen molar-refractivity contribution < 1.29 is 5.11 Å².